The van der Waals surface area contributed by atoms with E-state index in [1.54, 1.807) is 11.8 Å². The van der Waals surface area contributed by atoms with Crippen LogP contribution < -0.4 is 11.1 Å². The molecule has 1 heterocycles. The zero-order valence-electron chi connectivity index (χ0n) is 10.8. The molecule has 0 saturated heterocycles. The summed E-state index contributed by atoms with van der Waals surface area (Å²) in [6.07, 6.45) is 2.27. The first-order valence-corrected chi connectivity index (χ1v) is 7.51. The first kappa shape index (κ1) is 13.3. The maximum atomic E-state index is 12.0. The highest BCUT2D eigenvalue weighted by Crippen LogP contribution is 2.42. The number of nitrogens with zero attached hydrogens (tertiary/aromatic N) is 1. The Morgan fingerprint density at radius 3 is 3.00 bits per heavy atom. The van der Waals surface area contributed by atoms with E-state index in [1.807, 2.05) is 6.92 Å². The lowest BCUT2D eigenvalue weighted by atomic mass is 10.2. The normalized spacial score (nSPS) is 16.6. The fourth-order valence-electron chi connectivity index (χ4n) is 1.85. The lowest BCUT2D eigenvalue weighted by molar-refractivity contribution is 0.0939. The van der Waals surface area contributed by atoms with Crippen LogP contribution in [0.15, 0.2) is 0 Å². The van der Waals surface area contributed by atoms with Crippen LogP contribution in [0, 0.1) is 0 Å². The maximum absolute atomic E-state index is 12.0. The molecule has 1 fully saturated rings. The van der Waals surface area contributed by atoms with Crippen molar-refractivity contribution < 1.29 is 4.79 Å². The van der Waals surface area contributed by atoms with E-state index in [0.717, 1.165) is 30.0 Å². The number of aromatic amines is 1. The number of aromatic nitrogens is 2. The van der Waals surface area contributed by atoms with Gasteiger partial charge < -0.3 is 11.1 Å². The minimum atomic E-state index is -0.181. The van der Waals surface area contributed by atoms with E-state index < -0.39 is 0 Å². The van der Waals surface area contributed by atoms with E-state index >= 15 is 0 Å². The van der Waals surface area contributed by atoms with E-state index in [9.17, 15) is 4.79 Å². The second kappa shape index (κ2) is 5.65. The van der Waals surface area contributed by atoms with Gasteiger partial charge >= 0.3 is 0 Å². The van der Waals surface area contributed by atoms with Crippen molar-refractivity contribution in [1.29, 1.82) is 0 Å². The molecule has 2 rings (SSSR count). The van der Waals surface area contributed by atoms with Crippen molar-refractivity contribution in [1.82, 2.24) is 15.5 Å². The third-order valence-corrected chi connectivity index (χ3v) is 4.13. The van der Waals surface area contributed by atoms with Gasteiger partial charge in [-0.1, -0.05) is 6.92 Å². The first-order chi connectivity index (χ1) is 8.63. The highest BCUT2D eigenvalue weighted by molar-refractivity contribution is 7.99. The molecule has 1 aliphatic rings. The molecule has 0 spiro atoms. The molecule has 100 valence electrons. The Hall–Kier alpha value is -1.17. The molecule has 5 nitrogen and oxygen atoms in total. The van der Waals surface area contributed by atoms with Crippen molar-refractivity contribution in [2.45, 2.75) is 38.6 Å². The van der Waals surface area contributed by atoms with Crippen LogP contribution >= 0.6 is 11.8 Å². The predicted octanol–water partition coefficient (Wildman–Crippen LogP) is 1.74. The quantitative estimate of drug-likeness (QED) is 0.734. The van der Waals surface area contributed by atoms with Gasteiger partial charge in [0.1, 0.15) is 0 Å². The summed E-state index contributed by atoms with van der Waals surface area (Å²) in [6.45, 7) is 4.10. The summed E-state index contributed by atoms with van der Waals surface area (Å²) in [5.74, 6) is 2.26. The van der Waals surface area contributed by atoms with E-state index in [-0.39, 0.29) is 11.9 Å². The van der Waals surface area contributed by atoms with Crippen LogP contribution in [0.5, 0.6) is 0 Å². The molecule has 1 aliphatic carbocycles. The Bertz CT molecular complexity index is 428. The van der Waals surface area contributed by atoms with Gasteiger partial charge in [0.15, 0.2) is 5.69 Å². The Morgan fingerprint density at radius 2 is 2.39 bits per heavy atom. The number of hydrogen-bond donors (Lipinski definition) is 3. The minimum absolute atomic E-state index is 0.128. The molecule has 1 amide bonds. The highest BCUT2D eigenvalue weighted by Gasteiger charge is 2.30. The standard InChI is InChI=1S/C12H20N4OS/c1-3-18-6-7(2)14-12(17)11-9(13)10(15-16-11)8-4-5-8/h7-8H,3-6,13H2,1-2H3,(H,14,17)(H,15,16). The number of nitrogens with one attached hydrogen (secondary N) is 2. The number of nitrogens with two attached hydrogens (primary N) is 1. The summed E-state index contributed by atoms with van der Waals surface area (Å²) < 4.78 is 0. The average molecular weight is 268 g/mol. The molecule has 1 aromatic heterocycles. The van der Waals surface area contributed by atoms with Crippen LogP contribution in [0.3, 0.4) is 0 Å². The molecule has 0 radical (unpaired) electrons. The molecule has 4 N–H and O–H groups in total. The molecule has 1 unspecified atom stereocenters. The fraction of sp³-hybridized carbons (Fsp3) is 0.667. The van der Waals surface area contributed by atoms with Gasteiger partial charge in [0, 0.05) is 17.7 Å². The van der Waals surface area contributed by atoms with E-state index in [1.165, 1.54) is 0 Å². The van der Waals surface area contributed by atoms with Crippen molar-refractivity contribution in [2.24, 2.45) is 0 Å². The van der Waals surface area contributed by atoms with E-state index in [0.29, 0.717) is 17.3 Å². The van der Waals surface area contributed by atoms with Gasteiger partial charge in [-0.3, -0.25) is 9.89 Å². The molecule has 0 aromatic carbocycles. The second-order valence-electron chi connectivity index (χ2n) is 4.71. The van der Waals surface area contributed by atoms with Gasteiger partial charge in [-0.05, 0) is 25.5 Å². The first-order valence-electron chi connectivity index (χ1n) is 6.35. The topological polar surface area (TPSA) is 83.8 Å². The smallest absolute Gasteiger partial charge is 0.274 e. The van der Waals surface area contributed by atoms with E-state index in [4.69, 9.17) is 5.73 Å². The number of nitrogen functional groups attached to an aromatic ring is 1. The summed E-state index contributed by atoms with van der Waals surface area (Å²) >= 11 is 1.80. The van der Waals surface area contributed by atoms with Gasteiger partial charge in [0.2, 0.25) is 0 Å². The second-order valence-corrected chi connectivity index (χ2v) is 6.03. The molecule has 0 bridgehead atoms. The number of amides is 1. The summed E-state index contributed by atoms with van der Waals surface area (Å²) in [5.41, 5.74) is 7.74. The molecule has 1 aromatic rings. The lowest BCUT2D eigenvalue weighted by Gasteiger charge is -2.12. The molecule has 6 heteroatoms. The molecular weight excluding hydrogens is 248 g/mol. The Kier molecular flexibility index (Phi) is 4.16. The van der Waals surface area contributed by atoms with Crippen LogP contribution in [0.4, 0.5) is 5.69 Å². The summed E-state index contributed by atoms with van der Waals surface area (Å²) in [6, 6.07) is 0.128. The minimum Gasteiger partial charge on any atom is -0.395 e. The summed E-state index contributed by atoms with van der Waals surface area (Å²) in [7, 11) is 0. The van der Waals surface area contributed by atoms with Crippen molar-refractivity contribution >= 4 is 23.4 Å². The Morgan fingerprint density at radius 1 is 1.67 bits per heavy atom. The Balaban J connectivity index is 1.96. The lowest BCUT2D eigenvalue weighted by Crippen LogP contribution is -2.34. The van der Waals surface area contributed by atoms with Gasteiger partial charge in [-0.2, -0.15) is 16.9 Å². The molecular formula is C12H20N4OS. The van der Waals surface area contributed by atoms with Crippen molar-refractivity contribution in [3.8, 4) is 0 Å². The number of thioether (sulfide) groups is 1. The number of carbonyl (C=O) groups excluding carboxylic acids is 1. The van der Waals surface area contributed by atoms with Crippen LogP contribution in [0.1, 0.15) is 48.8 Å². The third kappa shape index (κ3) is 2.98. The summed E-state index contributed by atoms with van der Waals surface area (Å²) in [5, 5.41) is 9.86. The zero-order valence-corrected chi connectivity index (χ0v) is 11.6. The number of hydrogen-bond acceptors (Lipinski definition) is 4. The van der Waals surface area contributed by atoms with Crippen molar-refractivity contribution in [2.75, 3.05) is 17.2 Å². The van der Waals surface area contributed by atoms with Crippen LogP contribution in [-0.4, -0.2) is 33.7 Å². The largest absolute Gasteiger partial charge is 0.395 e. The summed E-state index contributed by atoms with van der Waals surface area (Å²) in [4.78, 5) is 12.0. The van der Waals surface area contributed by atoms with Gasteiger partial charge in [-0.15, -0.1) is 0 Å². The molecule has 0 aliphatic heterocycles. The average Bonchev–Trinajstić information content (AvgIpc) is 3.10. The highest BCUT2D eigenvalue weighted by atomic mass is 32.2. The van der Waals surface area contributed by atoms with Crippen LogP contribution in [0.25, 0.3) is 0 Å². The van der Waals surface area contributed by atoms with Crippen LogP contribution in [0.2, 0.25) is 0 Å². The SMILES string of the molecule is CCSCC(C)NC(=O)c1n[nH]c(C2CC2)c1N. The van der Waals surface area contributed by atoms with Gasteiger partial charge in [0.25, 0.3) is 5.91 Å². The monoisotopic (exact) mass is 268 g/mol. The Labute approximate surface area is 111 Å². The van der Waals surface area contributed by atoms with Crippen molar-refractivity contribution in [3.05, 3.63) is 11.4 Å². The number of anilines is 1. The van der Waals surface area contributed by atoms with Gasteiger partial charge in [-0.25, -0.2) is 0 Å². The van der Waals surface area contributed by atoms with E-state index in [2.05, 4.69) is 22.4 Å². The number of carbonyl (C=O) groups is 1. The number of H-pyrrole nitrogens is 1. The fourth-order valence-corrected chi connectivity index (χ4v) is 2.52. The van der Waals surface area contributed by atoms with Crippen LogP contribution in [-0.2, 0) is 0 Å². The zero-order chi connectivity index (χ0) is 13.1. The molecule has 1 atom stereocenters. The predicted molar refractivity (Wildman–Crippen MR) is 74.9 cm³/mol. The van der Waals surface area contributed by atoms with Crippen molar-refractivity contribution in [3.63, 3.8) is 0 Å². The number of rotatable bonds is 6. The van der Waals surface area contributed by atoms with Gasteiger partial charge in [0.05, 0.1) is 11.4 Å². The maximum Gasteiger partial charge on any atom is 0.274 e. The third-order valence-electron chi connectivity index (χ3n) is 2.98. The molecule has 1 saturated carbocycles. The molecule has 18 heavy (non-hydrogen) atoms.